The number of nitrogens with one attached hydrogen (secondary N) is 2. The Kier molecular flexibility index (Phi) is 3.93. The first kappa shape index (κ1) is 15.7. The van der Waals surface area contributed by atoms with E-state index < -0.39 is 0 Å². The van der Waals surface area contributed by atoms with E-state index in [0.717, 1.165) is 32.1 Å². The monoisotopic (exact) mass is 394 g/mol. The Morgan fingerprint density at radius 1 is 0.880 bits per heavy atom. The molecule has 0 unspecified atom stereocenters. The van der Waals surface area contributed by atoms with Gasteiger partial charge in [-0.3, -0.25) is 15.0 Å². The molecule has 124 valence electrons. The zero-order chi connectivity index (χ0) is 17.4. The van der Waals surface area contributed by atoms with Gasteiger partial charge >= 0.3 is 0 Å². The van der Waals surface area contributed by atoms with Gasteiger partial charge in [0.15, 0.2) is 0 Å². The normalized spacial score (nSPS) is 11.1. The van der Waals surface area contributed by atoms with E-state index in [1.165, 1.54) is 0 Å². The summed E-state index contributed by atoms with van der Waals surface area (Å²) in [7, 11) is 0. The number of hydrogen-bond donors (Lipinski definition) is 3. The second-order valence-electron chi connectivity index (χ2n) is 5.90. The average Bonchev–Trinajstić information content (AvgIpc) is 2.99. The van der Waals surface area contributed by atoms with Crippen LogP contribution in [0.4, 0.5) is 0 Å². The second kappa shape index (κ2) is 6.26. The highest BCUT2D eigenvalue weighted by Crippen LogP contribution is 2.31. The van der Waals surface area contributed by atoms with Crippen LogP contribution in [-0.2, 0) is 6.42 Å². The zero-order valence-electron chi connectivity index (χ0n) is 13.2. The van der Waals surface area contributed by atoms with Crippen LogP contribution in [0.5, 0.6) is 5.75 Å². The highest BCUT2D eigenvalue weighted by atomic mass is 79.9. The topological polar surface area (TPSA) is 68.9 Å². The lowest BCUT2D eigenvalue weighted by Gasteiger charge is -2.09. The molecule has 0 aliphatic heterocycles. The molecule has 4 aromatic rings. The van der Waals surface area contributed by atoms with Crippen molar-refractivity contribution in [2.24, 2.45) is 0 Å². The van der Waals surface area contributed by atoms with Gasteiger partial charge in [0.25, 0.3) is 5.56 Å². The van der Waals surface area contributed by atoms with Crippen molar-refractivity contribution in [3.8, 4) is 17.0 Å². The smallest absolute Gasteiger partial charge is 0.268 e. The summed E-state index contributed by atoms with van der Waals surface area (Å²) in [6.07, 6.45) is 0.345. The maximum atomic E-state index is 12.4. The van der Waals surface area contributed by atoms with Crippen molar-refractivity contribution in [3.63, 3.8) is 0 Å². The maximum Gasteiger partial charge on any atom is 0.268 e. The number of aromatic nitrogens is 2. The number of phenolic OH excluding ortho intramolecular Hbond substituents is 1. The zero-order valence-corrected chi connectivity index (χ0v) is 14.8. The van der Waals surface area contributed by atoms with Crippen molar-refractivity contribution in [2.75, 3.05) is 0 Å². The molecule has 0 bridgehead atoms. The molecule has 0 aliphatic rings. The van der Waals surface area contributed by atoms with E-state index in [0.29, 0.717) is 12.0 Å². The molecule has 1 aromatic heterocycles. The fourth-order valence-electron chi connectivity index (χ4n) is 3.10. The molecule has 0 aliphatic carbocycles. The first-order chi connectivity index (χ1) is 12.1. The summed E-state index contributed by atoms with van der Waals surface area (Å²) in [5.74, 6) is 0.195. The summed E-state index contributed by atoms with van der Waals surface area (Å²) < 4.78 is 0.974. The fourth-order valence-corrected chi connectivity index (χ4v) is 3.37. The number of benzene rings is 3. The predicted molar refractivity (Wildman–Crippen MR) is 103 cm³/mol. The minimum Gasteiger partial charge on any atom is -0.508 e. The van der Waals surface area contributed by atoms with Crippen molar-refractivity contribution in [1.29, 1.82) is 0 Å². The van der Waals surface area contributed by atoms with Gasteiger partial charge in [-0.15, -0.1) is 0 Å². The van der Waals surface area contributed by atoms with E-state index in [9.17, 15) is 9.90 Å². The molecule has 0 saturated heterocycles. The largest absolute Gasteiger partial charge is 0.508 e. The first-order valence-electron chi connectivity index (χ1n) is 7.88. The van der Waals surface area contributed by atoms with Crippen LogP contribution in [0.3, 0.4) is 0 Å². The molecule has 3 N–H and O–H groups in total. The Labute approximate surface area is 152 Å². The van der Waals surface area contributed by atoms with Crippen molar-refractivity contribution < 1.29 is 5.11 Å². The summed E-state index contributed by atoms with van der Waals surface area (Å²) in [5, 5.41) is 18.0. The fraction of sp³-hybridized carbons (Fsp3) is 0.0500. The number of hydrogen-bond acceptors (Lipinski definition) is 2. The molecular weight excluding hydrogens is 380 g/mol. The molecule has 25 heavy (non-hydrogen) atoms. The summed E-state index contributed by atoms with van der Waals surface area (Å²) in [6.45, 7) is 0. The molecule has 3 aromatic carbocycles. The number of aromatic hydroxyl groups is 1. The van der Waals surface area contributed by atoms with Crippen molar-refractivity contribution in [3.05, 3.63) is 86.6 Å². The lowest BCUT2D eigenvalue weighted by atomic mass is 9.96. The van der Waals surface area contributed by atoms with Gasteiger partial charge < -0.3 is 5.11 Å². The molecule has 0 spiro atoms. The van der Waals surface area contributed by atoms with E-state index in [1.54, 1.807) is 6.07 Å². The third-order valence-electron chi connectivity index (χ3n) is 4.38. The molecule has 0 fully saturated rings. The van der Waals surface area contributed by atoms with E-state index >= 15 is 0 Å². The van der Waals surface area contributed by atoms with Gasteiger partial charge in [0.2, 0.25) is 0 Å². The summed E-state index contributed by atoms with van der Waals surface area (Å²) in [6, 6.07) is 19.1. The first-order valence-corrected chi connectivity index (χ1v) is 8.68. The Balaban J connectivity index is 1.85. The van der Waals surface area contributed by atoms with Crippen LogP contribution in [0.15, 0.2) is 69.9 Å². The van der Waals surface area contributed by atoms with Gasteiger partial charge in [-0.1, -0.05) is 58.4 Å². The SMILES string of the molecule is O=c1[nH][nH]c(-c2ccc(Br)cc2)c1Cc1c(O)ccc2ccccc12. The minimum absolute atomic E-state index is 0.176. The Morgan fingerprint density at radius 2 is 1.64 bits per heavy atom. The molecular formula is C20H15BrN2O2. The number of halogens is 1. The van der Waals surface area contributed by atoms with E-state index in [-0.39, 0.29) is 11.3 Å². The van der Waals surface area contributed by atoms with Gasteiger partial charge in [-0.25, -0.2) is 0 Å². The minimum atomic E-state index is -0.176. The third-order valence-corrected chi connectivity index (χ3v) is 4.91. The average molecular weight is 395 g/mol. The van der Waals surface area contributed by atoms with E-state index in [1.807, 2.05) is 54.6 Å². The highest BCUT2D eigenvalue weighted by Gasteiger charge is 2.16. The van der Waals surface area contributed by atoms with Crippen molar-refractivity contribution >= 4 is 26.7 Å². The second-order valence-corrected chi connectivity index (χ2v) is 6.82. The van der Waals surface area contributed by atoms with Gasteiger partial charge in [-0.05, 0) is 34.5 Å². The van der Waals surface area contributed by atoms with Crippen LogP contribution < -0.4 is 5.56 Å². The number of rotatable bonds is 3. The van der Waals surface area contributed by atoms with Crippen LogP contribution in [0.1, 0.15) is 11.1 Å². The summed E-state index contributed by atoms with van der Waals surface area (Å²) in [5.41, 5.74) is 2.84. The lowest BCUT2D eigenvalue weighted by Crippen LogP contribution is -2.07. The van der Waals surface area contributed by atoms with Crippen molar-refractivity contribution in [2.45, 2.75) is 6.42 Å². The van der Waals surface area contributed by atoms with Crippen LogP contribution >= 0.6 is 15.9 Å². The highest BCUT2D eigenvalue weighted by molar-refractivity contribution is 9.10. The van der Waals surface area contributed by atoms with Crippen LogP contribution in [0.25, 0.3) is 22.0 Å². The molecule has 0 saturated carbocycles. The Hall–Kier alpha value is -2.79. The third kappa shape index (κ3) is 2.87. The van der Waals surface area contributed by atoms with Gasteiger partial charge in [0.05, 0.1) is 5.69 Å². The molecule has 1 heterocycles. The van der Waals surface area contributed by atoms with Crippen LogP contribution in [0.2, 0.25) is 0 Å². The number of fused-ring (bicyclic) bond motifs is 1. The van der Waals surface area contributed by atoms with Crippen LogP contribution in [0, 0.1) is 0 Å². The van der Waals surface area contributed by atoms with Crippen LogP contribution in [-0.4, -0.2) is 15.3 Å². The maximum absolute atomic E-state index is 12.4. The summed E-state index contributed by atoms with van der Waals surface area (Å²) in [4.78, 5) is 12.4. The van der Waals surface area contributed by atoms with E-state index in [2.05, 4.69) is 26.1 Å². The molecule has 0 amide bonds. The van der Waals surface area contributed by atoms with Gasteiger partial charge in [0, 0.05) is 22.0 Å². The number of phenols is 1. The molecule has 0 atom stereocenters. The summed E-state index contributed by atoms with van der Waals surface area (Å²) >= 11 is 3.42. The Bertz CT molecular complexity index is 1110. The molecule has 5 heteroatoms. The van der Waals surface area contributed by atoms with Crippen molar-refractivity contribution in [1.82, 2.24) is 10.2 Å². The van der Waals surface area contributed by atoms with Gasteiger partial charge in [-0.2, -0.15) is 0 Å². The molecule has 4 rings (SSSR count). The number of H-pyrrole nitrogens is 2. The standard InChI is InChI=1S/C20H15BrN2O2/c21-14-8-5-13(6-9-14)19-17(20(25)23-22-19)11-16-15-4-2-1-3-12(15)7-10-18(16)24/h1-10,24H,11H2,(H2,22,23,25). The molecule has 4 nitrogen and oxygen atoms in total. The quantitative estimate of drug-likeness (QED) is 0.475. The van der Waals surface area contributed by atoms with E-state index in [4.69, 9.17) is 0 Å². The Morgan fingerprint density at radius 3 is 2.44 bits per heavy atom. The predicted octanol–water partition coefficient (Wildman–Crippen LogP) is 4.58. The van der Waals surface area contributed by atoms with Gasteiger partial charge in [0.1, 0.15) is 5.75 Å². The lowest BCUT2D eigenvalue weighted by molar-refractivity contribution is 0.470. The number of aromatic amines is 2. The molecule has 0 radical (unpaired) electrons.